The zero-order valence-electron chi connectivity index (χ0n) is 10.4. The molecule has 17 heavy (non-hydrogen) atoms. The topological polar surface area (TPSA) is 93.2 Å². The first kappa shape index (κ1) is 13.7. The van der Waals surface area contributed by atoms with E-state index in [-0.39, 0.29) is 24.5 Å². The van der Waals surface area contributed by atoms with Crippen LogP contribution in [-0.2, 0) is 11.8 Å². The van der Waals surface area contributed by atoms with Gasteiger partial charge in [0.15, 0.2) is 0 Å². The minimum atomic E-state index is -0.753. The molecule has 4 N–H and O–H groups in total. The van der Waals surface area contributed by atoms with Crippen molar-refractivity contribution >= 4 is 5.91 Å². The molecule has 0 bridgehead atoms. The number of aryl methyl sites for hydroxylation is 1. The summed E-state index contributed by atoms with van der Waals surface area (Å²) in [7, 11) is 1.76. The van der Waals surface area contributed by atoms with Gasteiger partial charge in [-0.15, -0.1) is 0 Å². The van der Waals surface area contributed by atoms with Crippen LogP contribution in [0.5, 0.6) is 0 Å². The fourth-order valence-corrected chi connectivity index (χ4v) is 1.45. The maximum atomic E-state index is 11.8. The van der Waals surface area contributed by atoms with Gasteiger partial charge < -0.3 is 16.2 Å². The van der Waals surface area contributed by atoms with E-state index in [1.54, 1.807) is 24.1 Å². The van der Waals surface area contributed by atoms with Crippen LogP contribution >= 0.6 is 0 Å². The molecule has 0 saturated heterocycles. The van der Waals surface area contributed by atoms with Crippen molar-refractivity contribution in [1.29, 1.82) is 0 Å². The Morgan fingerprint density at radius 3 is 2.71 bits per heavy atom. The van der Waals surface area contributed by atoms with Crippen LogP contribution in [0.3, 0.4) is 0 Å². The lowest BCUT2D eigenvalue weighted by atomic mass is 10.0. The van der Waals surface area contributed by atoms with Gasteiger partial charge in [0.1, 0.15) is 6.04 Å². The molecule has 0 aliphatic carbocycles. The van der Waals surface area contributed by atoms with E-state index in [1.165, 1.54) is 0 Å². The monoisotopic (exact) mass is 240 g/mol. The third-order valence-electron chi connectivity index (χ3n) is 2.70. The maximum Gasteiger partial charge on any atom is 0.241 e. The highest BCUT2D eigenvalue weighted by molar-refractivity contribution is 5.83. The minimum Gasteiger partial charge on any atom is -0.394 e. The number of aliphatic hydroxyl groups is 1. The number of hydrogen-bond acceptors (Lipinski definition) is 4. The van der Waals surface area contributed by atoms with E-state index in [0.717, 1.165) is 0 Å². The molecule has 2 unspecified atom stereocenters. The maximum absolute atomic E-state index is 11.8. The highest BCUT2D eigenvalue weighted by atomic mass is 16.3. The molecule has 0 aliphatic rings. The zero-order chi connectivity index (χ0) is 13.0. The molecular formula is C11H20N4O2. The van der Waals surface area contributed by atoms with E-state index >= 15 is 0 Å². The Kier molecular flexibility index (Phi) is 4.65. The number of amides is 1. The van der Waals surface area contributed by atoms with Gasteiger partial charge in [-0.2, -0.15) is 5.10 Å². The van der Waals surface area contributed by atoms with Crippen LogP contribution in [0, 0.1) is 5.92 Å². The summed E-state index contributed by atoms with van der Waals surface area (Å²) in [6, 6.07) is -1.03. The van der Waals surface area contributed by atoms with E-state index in [2.05, 4.69) is 10.4 Å². The Hall–Kier alpha value is -1.40. The van der Waals surface area contributed by atoms with Crippen LogP contribution in [0.1, 0.15) is 25.5 Å². The van der Waals surface area contributed by atoms with Gasteiger partial charge in [-0.3, -0.25) is 9.48 Å². The molecule has 96 valence electrons. The molecule has 6 heteroatoms. The van der Waals surface area contributed by atoms with Gasteiger partial charge in [0.05, 0.1) is 18.8 Å². The third kappa shape index (κ3) is 3.54. The third-order valence-corrected chi connectivity index (χ3v) is 2.70. The van der Waals surface area contributed by atoms with Crippen LogP contribution in [0.15, 0.2) is 12.4 Å². The molecule has 2 atom stereocenters. The van der Waals surface area contributed by atoms with Crippen LogP contribution in [0.25, 0.3) is 0 Å². The highest BCUT2D eigenvalue weighted by Gasteiger charge is 2.21. The average Bonchev–Trinajstić information content (AvgIpc) is 2.70. The molecule has 0 radical (unpaired) electrons. The molecule has 0 aliphatic heterocycles. The van der Waals surface area contributed by atoms with Crippen molar-refractivity contribution in [2.24, 2.45) is 18.7 Å². The molecule has 1 heterocycles. The summed E-state index contributed by atoms with van der Waals surface area (Å²) in [6.07, 6.45) is 3.27. The molecule has 1 amide bonds. The fraction of sp³-hybridized carbons (Fsp3) is 0.636. The number of hydrogen-bond donors (Lipinski definition) is 3. The Balaban J connectivity index is 2.64. The molecule has 0 aromatic carbocycles. The molecule has 1 rings (SSSR count). The minimum absolute atomic E-state index is 0.0941. The lowest BCUT2D eigenvalue weighted by Gasteiger charge is -2.21. The molecule has 6 nitrogen and oxygen atoms in total. The van der Waals surface area contributed by atoms with Gasteiger partial charge in [-0.1, -0.05) is 13.8 Å². The van der Waals surface area contributed by atoms with Crippen LogP contribution in [0.2, 0.25) is 0 Å². The molecule has 1 aromatic heterocycles. The fourth-order valence-electron chi connectivity index (χ4n) is 1.45. The van der Waals surface area contributed by atoms with Crippen molar-refractivity contribution in [1.82, 2.24) is 15.1 Å². The van der Waals surface area contributed by atoms with E-state index in [1.807, 2.05) is 13.8 Å². The first-order chi connectivity index (χ1) is 7.95. The lowest BCUT2D eigenvalue weighted by Crippen LogP contribution is -2.45. The zero-order valence-corrected chi connectivity index (χ0v) is 10.4. The van der Waals surface area contributed by atoms with E-state index in [0.29, 0.717) is 5.56 Å². The Morgan fingerprint density at radius 2 is 2.29 bits per heavy atom. The predicted molar refractivity (Wildman–Crippen MR) is 64.0 cm³/mol. The molecule has 1 aromatic rings. The number of nitrogens with one attached hydrogen (secondary N) is 1. The summed E-state index contributed by atoms with van der Waals surface area (Å²) in [6.45, 7) is 3.76. The average molecular weight is 240 g/mol. The quantitative estimate of drug-likeness (QED) is 0.650. The summed E-state index contributed by atoms with van der Waals surface area (Å²) in [4.78, 5) is 11.8. The number of aromatic nitrogens is 2. The first-order valence-electron chi connectivity index (χ1n) is 5.61. The predicted octanol–water partition coefficient (Wildman–Crippen LogP) is -0.447. The van der Waals surface area contributed by atoms with Crippen molar-refractivity contribution in [3.05, 3.63) is 18.0 Å². The Labute approximate surface area is 101 Å². The van der Waals surface area contributed by atoms with Gasteiger partial charge in [-0.25, -0.2) is 0 Å². The van der Waals surface area contributed by atoms with E-state index in [9.17, 15) is 4.79 Å². The molecule has 0 spiro atoms. The standard InChI is InChI=1S/C11H20N4O2/c1-7(2)9(6-16)14-11(17)10(12)8-4-13-15(3)5-8/h4-5,7,9-10,16H,6,12H2,1-3H3,(H,14,17). The second kappa shape index (κ2) is 5.79. The van der Waals surface area contributed by atoms with Gasteiger partial charge >= 0.3 is 0 Å². The van der Waals surface area contributed by atoms with Crippen molar-refractivity contribution < 1.29 is 9.90 Å². The summed E-state index contributed by atoms with van der Waals surface area (Å²) < 4.78 is 1.59. The number of carbonyl (C=O) groups excluding carboxylic acids is 1. The van der Waals surface area contributed by atoms with Crippen molar-refractivity contribution in [3.63, 3.8) is 0 Å². The largest absolute Gasteiger partial charge is 0.394 e. The van der Waals surface area contributed by atoms with Crippen molar-refractivity contribution in [3.8, 4) is 0 Å². The van der Waals surface area contributed by atoms with E-state index in [4.69, 9.17) is 10.8 Å². The summed E-state index contributed by atoms with van der Waals surface area (Å²) >= 11 is 0. The van der Waals surface area contributed by atoms with Gasteiger partial charge in [-0.05, 0) is 5.92 Å². The second-order valence-electron chi connectivity index (χ2n) is 4.47. The Morgan fingerprint density at radius 1 is 1.65 bits per heavy atom. The van der Waals surface area contributed by atoms with Crippen LogP contribution in [-0.4, -0.2) is 33.4 Å². The number of rotatable bonds is 5. The van der Waals surface area contributed by atoms with Crippen LogP contribution < -0.4 is 11.1 Å². The lowest BCUT2D eigenvalue weighted by molar-refractivity contribution is -0.123. The highest BCUT2D eigenvalue weighted by Crippen LogP contribution is 2.10. The second-order valence-corrected chi connectivity index (χ2v) is 4.47. The number of carbonyl (C=O) groups is 1. The smallest absolute Gasteiger partial charge is 0.241 e. The van der Waals surface area contributed by atoms with Crippen molar-refractivity contribution in [2.75, 3.05) is 6.61 Å². The molecule has 0 saturated carbocycles. The first-order valence-corrected chi connectivity index (χ1v) is 5.61. The van der Waals surface area contributed by atoms with Gasteiger partial charge in [0.25, 0.3) is 0 Å². The Bertz CT molecular complexity index is 375. The molecule has 0 fully saturated rings. The van der Waals surface area contributed by atoms with Crippen LogP contribution in [0.4, 0.5) is 0 Å². The summed E-state index contributed by atoms with van der Waals surface area (Å²) in [5, 5.41) is 15.8. The summed E-state index contributed by atoms with van der Waals surface area (Å²) in [5.74, 6) is -0.143. The number of nitrogens with zero attached hydrogens (tertiary/aromatic N) is 2. The van der Waals surface area contributed by atoms with E-state index < -0.39 is 6.04 Å². The SMILES string of the molecule is CC(C)C(CO)NC(=O)C(N)c1cnn(C)c1. The molecular weight excluding hydrogens is 220 g/mol. The number of nitrogens with two attached hydrogens (primary N) is 1. The van der Waals surface area contributed by atoms with Gasteiger partial charge in [0.2, 0.25) is 5.91 Å². The van der Waals surface area contributed by atoms with Crippen molar-refractivity contribution in [2.45, 2.75) is 25.9 Å². The summed E-state index contributed by atoms with van der Waals surface area (Å²) in [5.41, 5.74) is 6.47. The number of aliphatic hydroxyl groups excluding tert-OH is 1. The normalized spacial score (nSPS) is 14.7. The van der Waals surface area contributed by atoms with Gasteiger partial charge in [0, 0.05) is 18.8 Å².